The Balaban J connectivity index is 1.74. The smallest absolute Gasteiger partial charge is 0.408 e. The number of alkyl carbamates (subject to hydrolysis) is 1. The first-order valence-corrected chi connectivity index (χ1v) is 19.6. The van der Waals surface area contributed by atoms with Gasteiger partial charge in [0.25, 0.3) is 6.08 Å². The van der Waals surface area contributed by atoms with Gasteiger partial charge in [-0.25, -0.2) is 14.4 Å². The number of nitrogens with one attached hydrogen (secondary N) is 1. The molecule has 18 heteroatoms. The van der Waals surface area contributed by atoms with E-state index in [4.69, 9.17) is 28.4 Å². The normalized spacial score (nSPS) is 32.8. The SMILES string of the molecule is CCC(=O)O[C@H]1C(=O)[C@@]2(C)[C@H]([C@H](OC(=O)c3ccccc3)[C@]3(O)C[C@H](OC(=O)[C@H](O)[C@H](C=C(F)F)NC(=O)OC(C)(C)C)C(C)=C1C3(C)C)[C@]1(OC(C)=O)CO[C@@H]1C[C@@H]2O. The molecular formula is C42H53F2NO15. The monoisotopic (exact) mass is 849 g/mol. The molecule has 0 unspecified atom stereocenters. The fourth-order valence-electron chi connectivity index (χ4n) is 9.21. The molecule has 1 saturated heterocycles. The van der Waals surface area contributed by atoms with Crippen molar-refractivity contribution in [3.8, 4) is 0 Å². The molecule has 330 valence electrons. The van der Waals surface area contributed by atoms with E-state index < -0.39 is 124 Å². The molecule has 1 aliphatic heterocycles. The largest absolute Gasteiger partial charge is 0.456 e. The van der Waals surface area contributed by atoms with E-state index in [1.165, 1.54) is 67.5 Å². The number of rotatable bonds is 10. The van der Waals surface area contributed by atoms with Crippen LogP contribution in [0, 0.1) is 16.7 Å². The summed E-state index contributed by atoms with van der Waals surface area (Å²) < 4.78 is 62.1. The Morgan fingerprint density at radius 3 is 2.22 bits per heavy atom. The fourth-order valence-corrected chi connectivity index (χ4v) is 9.21. The van der Waals surface area contributed by atoms with Gasteiger partial charge in [-0.1, -0.05) is 39.0 Å². The van der Waals surface area contributed by atoms with Crippen molar-refractivity contribution in [1.29, 1.82) is 0 Å². The lowest BCUT2D eigenvalue weighted by atomic mass is 9.44. The lowest BCUT2D eigenvalue weighted by Gasteiger charge is -2.67. The Morgan fingerprint density at radius 1 is 1.05 bits per heavy atom. The van der Waals surface area contributed by atoms with Crippen LogP contribution in [0.3, 0.4) is 0 Å². The zero-order valence-electron chi connectivity index (χ0n) is 34.9. The Bertz CT molecular complexity index is 1960. The van der Waals surface area contributed by atoms with Crippen LogP contribution >= 0.6 is 0 Å². The van der Waals surface area contributed by atoms with Gasteiger partial charge in [0.05, 0.1) is 35.6 Å². The number of hydrogen-bond acceptors (Lipinski definition) is 15. The van der Waals surface area contributed by atoms with Crippen molar-refractivity contribution in [2.24, 2.45) is 16.7 Å². The van der Waals surface area contributed by atoms with Gasteiger partial charge in [0.1, 0.15) is 29.5 Å². The van der Waals surface area contributed by atoms with Crippen molar-refractivity contribution >= 4 is 35.8 Å². The number of halogens is 2. The van der Waals surface area contributed by atoms with E-state index in [0.717, 1.165) is 6.92 Å². The van der Waals surface area contributed by atoms with Crippen molar-refractivity contribution in [1.82, 2.24) is 5.32 Å². The van der Waals surface area contributed by atoms with Crippen LogP contribution in [0.1, 0.15) is 91.9 Å². The van der Waals surface area contributed by atoms with Crippen LogP contribution in [-0.2, 0) is 47.6 Å². The maximum absolute atomic E-state index is 15.4. The van der Waals surface area contributed by atoms with Crippen LogP contribution in [0.2, 0.25) is 0 Å². The van der Waals surface area contributed by atoms with Crippen molar-refractivity contribution in [3.63, 3.8) is 0 Å². The molecule has 0 spiro atoms. The first-order valence-electron chi connectivity index (χ1n) is 19.6. The van der Waals surface area contributed by atoms with Crippen LogP contribution in [-0.4, -0.2) is 117 Å². The van der Waals surface area contributed by atoms with Crippen molar-refractivity contribution < 1.29 is 81.3 Å². The maximum atomic E-state index is 15.4. The van der Waals surface area contributed by atoms with Crippen molar-refractivity contribution in [2.45, 2.75) is 141 Å². The summed E-state index contributed by atoms with van der Waals surface area (Å²) in [5.41, 5.74) is -9.40. The number of carbonyl (C=O) groups excluding carboxylic acids is 6. The molecule has 1 amide bonds. The zero-order chi connectivity index (χ0) is 44.9. The van der Waals surface area contributed by atoms with Crippen LogP contribution < -0.4 is 5.32 Å². The fraction of sp³-hybridized carbons (Fsp3) is 0.619. The van der Waals surface area contributed by atoms with Gasteiger partial charge in [0, 0.05) is 37.7 Å². The molecule has 4 N–H and O–H groups in total. The molecular weight excluding hydrogens is 796 g/mol. The van der Waals surface area contributed by atoms with Gasteiger partial charge in [-0.15, -0.1) is 0 Å². The second-order valence-corrected chi connectivity index (χ2v) is 17.5. The molecule has 11 atom stereocenters. The Labute approximate surface area is 345 Å². The Morgan fingerprint density at radius 2 is 1.68 bits per heavy atom. The van der Waals surface area contributed by atoms with E-state index in [1.807, 2.05) is 5.32 Å². The van der Waals surface area contributed by atoms with Gasteiger partial charge < -0.3 is 49.1 Å². The number of aliphatic hydroxyl groups excluding tert-OH is 2. The third-order valence-corrected chi connectivity index (χ3v) is 12.3. The minimum atomic E-state index is -2.51. The zero-order valence-corrected chi connectivity index (χ0v) is 34.9. The van der Waals surface area contributed by atoms with Crippen molar-refractivity contribution in [2.75, 3.05) is 6.61 Å². The average molecular weight is 850 g/mol. The Hall–Kier alpha value is -4.78. The van der Waals surface area contributed by atoms with Gasteiger partial charge >= 0.3 is 30.0 Å². The summed E-state index contributed by atoms with van der Waals surface area (Å²) in [6.45, 7) is 12.4. The highest BCUT2D eigenvalue weighted by Crippen LogP contribution is 2.64. The summed E-state index contributed by atoms with van der Waals surface area (Å²) in [4.78, 5) is 82.1. The molecule has 16 nitrogen and oxygen atoms in total. The summed E-state index contributed by atoms with van der Waals surface area (Å²) in [5, 5.41) is 38.7. The third kappa shape index (κ3) is 8.18. The van der Waals surface area contributed by atoms with Gasteiger partial charge in [-0.3, -0.25) is 14.4 Å². The van der Waals surface area contributed by atoms with E-state index in [1.54, 1.807) is 18.2 Å². The van der Waals surface area contributed by atoms with E-state index >= 15 is 4.79 Å². The quantitative estimate of drug-likeness (QED) is 0.150. The number of carbonyl (C=O) groups is 6. The average Bonchev–Trinajstić information content (AvgIpc) is 3.14. The third-order valence-electron chi connectivity index (χ3n) is 12.3. The molecule has 5 rings (SSSR count). The predicted octanol–water partition coefficient (Wildman–Crippen LogP) is 3.63. The van der Waals surface area contributed by atoms with Crippen LogP contribution in [0.4, 0.5) is 13.6 Å². The number of aliphatic hydroxyl groups is 3. The number of esters is 4. The van der Waals surface area contributed by atoms with Gasteiger partial charge in [0.2, 0.25) is 0 Å². The lowest BCUT2D eigenvalue weighted by molar-refractivity contribution is -0.346. The summed E-state index contributed by atoms with van der Waals surface area (Å²) in [6, 6.07) is 5.50. The van der Waals surface area contributed by atoms with E-state index in [2.05, 4.69) is 0 Å². The minimum absolute atomic E-state index is 0.00795. The molecule has 3 aliphatic carbocycles. The van der Waals surface area contributed by atoms with Gasteiger partial charge in [-0.2, -0.15) is 8.78 Å². The molecule has 1 heterocycles. The molecule has 2 saturated carbocycles. The van der Waals surface area contributed by atoms with Gasteiger partial charge in [-0.05, 0) is 57.9 Å². The molecule has 60 heavy (non-hydrogen) atoms. The molecule has 0 radical (unpaired) electrons. The molecule has 1 aromatic carbocycles. The van der Waals surface area contributed by atoms with Crippen LogP contribution in [0.15, 0.2) is 53.6 Å². The first-order chi connectivity index (χ1) is 27.7. The van der Waals surface area contributed by atoms with Crippen LogP contribution in [0.5, 0.6) is 0 Å². The molecule has 3 fully saturated rings. The summed E-state index contributed by atoms with van der Waals surface area (Å²) in [6.07, 6.45) is -15.4. The number of Topliss-reactive ketones (excluding diaryl/α,β-unsaturated/α-hetero) is 1. The highest BCUT2D eigenvalue weighted by atomic mass is 19.3. The summed E-state index contributed by atoms with van der Waals surface area (Å²) in [5.74, 6) is -6.86. The lowest BCUT2D eigenvalue weighted by Crippen LogP contribution is -2.82. The summed E-state index contributed by atoms with van der Waals surface area (Å²) in [7, 11) is 0. The maximum Gasteiger partial charge on any atom is 0.408 e. The standard InChI is InChI=1S/C42H53F2NO15/c1-10-28(48)57-31-29-20(2)24(56-36(52)30(49)23(16-27(43)44)45-37(53)60-38(4,5)6)18-42(54,39(29,7)8)34(58-35(51)22-14-12-11-13-15-22)32-40(9,33(31)50)25(47)17-26-41(32,19-55-26)59-21(3)46/h11-16,23-26,30-32,34,47,49,54H,10,17-19H2,1-9H3,(H,45,53)/t23-,24-,25-,26+,30+,31+,32-,34-,40+,41-,42+/m0/s1. The van der Waals surface area contributed by atoms with E-state index in [9.17, 15) is 48.1 Å². The topological polar surface area (TPSA) is 231 Å². The second-order valence-electron chi connectivity index (χ2n) is 17.5. The van der Waals surface area contributed by atoms with Crippen molar-refractivity contribution in [3.05, 3.63) is 59.2 Å². The number of hydrogen-bond donors (Lipinski definition) is 4. The Kier molecular flexibility index (Phi) is 12.8. The van der Waals surface area contributed by atoms with Crippen LogP contribution in [0.25, 0.3) is 0 Å². The highest BCUT2D eigenvalue weighted by molar-refractivity contribution is 5.95. The van der Waals surface area contributed by atoms with E-state index in [0.29, 0.717) is 0 Å². The molecule has 1 aromatic rings. The number of ether oxygens (including phenoxy) is 6. The molecule has 2 bridgehead atoms. The molecule has 4 aliphatic rings. The number of benzene rings is 1. The summed E-state index contributed by atoms with van der Waals surface area (Å²) >= 11 is 0. The second kappa shape index (κ2) is 16.6. The number of fused-ring (bicyclic) bond motifs is 5. The van der Waals surface area contributed by atoms with E-state index in [-0.39, 0.29) is 42.2 Å². The number of ketones is 1. The highest BCUT2D eigenvalue weighted by Gasteiger charge is 2.78. The van der Waals surface area contributed by atoms with Gasteiger partial charge in [0.15, 0.2) is 23.6 Å². The minimum Gasteiger partial charge on any atom is -0.456 e. The molecule has 0 aromatic heterocycles. The number of amides is 1. The first kappa shape index (κ1) is 46.3. The predicted molar refractivity (Wildman–Crippen MR) is 203 cm³/mol.